The molecule has 0 amide bonds. The molecule has 1 rings (SSSR count). The van der Waals surface area contributed by atoms with Crippen LogP contribution in [0.3, 0.4) is 0 Å². The second-order valence-corrected chi connectivity index (χ2v) is 5.92. The highest BCUT2D eigenvalue weighted by Gasteiger charge is 2.24. The summed E-state index contributed by atoms with van der Waals surface area (Å²) in [4.78, 5) is 2.30. The van der Waals surface area contributed by atoms with Gasteiger partial charge in [-0.3, -0.25) is 0 Å². The molecule has 0 spiro atoms. The number of hydrogen-bond donors (Lipinski definition) is 0. The Bertz CT molecular complexity index is 155. The zero-order valence-electron chi connectivity index (χ0n) is 8.82. The van der Waals surface area contributed by atoms with E-state index in [-0.39, 0.29) is 5.25 Å². The Labute approximate surface area is 84.4 Å². The van der Waals surface area contributed by atoms with Crippen molar-refractivity contribution in [2.45, 2.75) is 25.5 Å². The van der Waals surface area contributed by atoms with Crippen molar-refractivity contribution < 1.29 is 4.55 Å². The highest BCUT2D eigenvalue weighted by atomic mass is 32.2. The van der Waals surface area contributed by atoms with Crippen LogP contribution < -0.4 is 0 Å². The summed E-state index contributed by atoms with van der Waals surface area (Å²) in [6.45, 7) is 8.14. The van der Waals surface area contributed by atoms with Crippen LogP contribution in [0.15, 0.2) is 0 Å². The smallest absolute Gasteiger partial charge is 0.130 e. The molecule has 0 bridgehead atoms. The number of nitrogens with zero attached hydrogens (tertiary/aromatic N) is 2. The van der Waals surface area contributed by atoms with E-state index in [9.17, 15) is 4.55 Å². The molecule has 0 aromatic rings. The van der Waals surface area contributed by atoms with Crippen LogP contribution in [-0.4, -0.2) is 52.2 Å². The third-order valence-electron chi connectivity index (χ3n) is 2.34. The van der Waals surface area contributed by atoms with Gasteiger partial charge in [0.05, 0.1) is 6.54 Å². The van der Waals surface area contributed by atoms with Crippen LogP contribution in [-0.2, 0) is 11.4 Å². The topological polar surface area (TPSA) is 29.5 Å². The molecule has 1 fully saturated rings. The minimum atomic E-state index is -0.778. The van der Waals surface area contributed by atoms with E-state index >= 15 is 0 Å². The van der Waals surface area contributed by atoms with E-state index in [1.165, 1.54) is 0 Å². The van der Waals surface area contributed by atoms with Crippen molar-refractivity contribution in [3.8, 4) is 0 Å². The van der Waals surface area contributed by atoms with Crippen molar-refractivity contribution in [2.75, 3.05) is 33.2 Å². The van der Waals surface area contributed by atoms with Crippen LogP contribution in [0.2, 0.25) is 0 Å². The van der Waals surface area contributed by atoms with Gasteiger partial charge in [0.25, 0.3) is 0 Å². The molecule has 1 saturated heterocycles. The van der Waals surface area contributed by atoms with Gasteiger partial charge < -0.3 is 9.45 Å². The standard InChI is InChI=1S/C9H20N2OS/c1-9(2)13(12)11-6-4-5-10(3)7-8-11/h9H,4-8H2,1-3H3. The van der Waals surface area contributed by atoms with E-state index in [2.05, 4.69) is 16.3 Å². The van der Waals surface area contributed by atoms with Crippen molar-refractivity contribution >= 4 is 11.4 Å². The predicted molar refractivity (Wildman–Crippen MR) is 57.0 cm³/mol. The molecule has 0 radical (unpaired) electrons. The molecule has 78 valence electrons. The summed E-state index contributed by atoms with van der Waals surface area (Å²) >= 11 is -0.778. The Morgan fingerprint density at radius 2 is 1.85 bits per heavy atom. The number of hydrogen-bond acceptors (Lipinski definition) is 3. The lowest BCUT2D eigenvalue weighted by atomic mass is 10.4. The predicted octanol–water partition coefficient (Wildman–Crippen LogP) is 0.696. The fourth-order valence-electron chi connectivity index (χ4n) is 1.50. The molecule has 3 nitrogen and oxygen atoms in total. The SMILES string of the molecule is CC(C)[S+]([O-])N1CCCN(C)CC1. The first-order valence-electron chi connectivity index (χ1n) is 4.95. The van der Waals surface area contributed by atoms with Crippen molar-refractivity contribution in [3.05, 3.63) is 0 Å². The monoisotopic (exact) mass is 204 g/mol. The van der Waals surface area contributed by atoms with E-state index in [0.29, 0.717) is 0 Å². The van der Waals surface area contributed by atoms with Crippen molar-refractivity contribution in [2.24, 2.45) is 0 Å². The van der Waals surface area contributed by atoms with Crippen LogP contribution in [0.1, 0.15) is 20.3 Å². The van der Waals surface area contributed by atoms with Gasteiger partial charge in [-0.25, -0.2) is 0 Å². The van der Waals surface area contributed by atoms with Gasteiger partial charge in [0.2, 0.25) is 0 Å². The summed E-state index contributed by atoms with van der Waals surface area (Å²) in [7, 11) is 2.13. The highest BCUT2D eigenvalue weighted by Crippen LogP contribution is 2.11. The Hall–Kier alpha value is 0.230. The Morgan fingerprint density at radius 1 is 1.15 bits per heavy atom. The van der Waals surface area contributed by atoms with Crippen LogP contribution in [0, 0.1) is 0 Å². The van der Waals surface area contributed by atoms with Gasteiger partial charge in [-0.05, 0) is 33.9 Å². The maximum absolute atomic E-state index is 11.8. The first-order chi connectivity index (χ1) is 6.11. The normalized spacial score (nSPS) is 24.7. The van der Waals surface area contributed by atoms with Gasteiger partial charge in [-0.1, -0.05) is 0 Å². The molecular weight excluding hydrogens is 184 g/mol. The summed E-state index contributed by atoms with van der Waals surface area (Å²) in [5, 5.41) is 0.253. The minimum Gasteiger partial charge on any atom is -0.598 e. The van der Waals surface area contributed by atoms with Crippen LogP contribution >= 0.6 is 0 Å². The van der Waals surface area contributed by atoms with E-state index in [4.69, 9.17) is 0 Å². The molecule has 0 aromatic heterocycles. The zero-order valence-corrected chi connectivity index (χ0v) is 9.64. The Morgan fingerprint density at radius 3 is 2.46 bits per heavy atom. The fraction of sp³-hybridized carbons (Fsp3) is 1.00. The summed E-state index contributed by atoms with van der Waals surface area (Å²) in [5.74, 6) is 0. The molecule has 0 aliphatic carbocycles. The molecule has 13 heavy (non-hydrogen) atoms. The van der Waals surface area contributed by atoms with E-state index in [0.717, 1.165) is 32.6 Å². The molecule has 0 N–H and O–H groups in total. The highest BCUT2D eigenvalue weighted by molar-refractivity contribution is 7.89. The van der Waals surface area contributed by atoms with Gasteiger partial charge in [-0.15, -0.1) is 4.31 Å². The third kappa shape index (κ3) is 3.46. The lowest BCUT2D eigenvalue weighted by Gasteiger charge is -2.25. The largest absolute Gasteiger partial charge is 0.598 e. The maximum Gasteiger partial charge on any atom is 0.130 e. The lowest BCUT2D eigenvalue weighted by molar-refractivity contribution is 0.346. The molecule has 1 aliphatic rings. The van der Waals surface area contributed by atoms with Crippen molar-refractivity contribution in [1.29, 1.82) is 0 Å². The van der Waals surface area contributed by atoms with E-state index < -0.39 is 11.4 Å². The number of rotatable bonds is 2. The van der Waals surface area contributed by atoms with Gasteiger partial charge in [-0.2, -0.15) is 0 Å². The molecule has 4 heteroatoms. The van der Waals surface area contributed by atoms with Gasteiger partial charge in [0, 0.05) is 24.5 Å². The summed E-state index contributed by atoms with van der Waals surface area (Å²) in [6, 6.07) is 0. The van der Waals surface area contributed by atoms with Crippen LogP contribution in [0.5, 0.6) is 0 Å². The fourth-order valence-corrected chi connectivity index (χ4v) is 2.67. The lowest BCUT2D eigenvalue weighted by Crippen LogP contribution is -2.38. The van der Waals surface area contributed by atoms with Crippen molar-refractivity contribution in [1.82, 2.24) is 9.21 Å². The summed E-state index contributed by atoms with van der Waals surface area (Å²) < 4.78 is 13.9. The molecule has 0 saturated carbocycles. The zero-order chi connectivity index (χ0) is 9.84. The van der Waals surface area contributed by atoms with E-state index in [1.54, 1.807) is 0 Å². The molecular formula is C9H20N2OS. The maximum atomic E-state index is 11.8. The van der Waals surface area contributed by atoms with Crippen LogP contribution in [0.25, 0.3) is 0 Å². The van der Waals surface area contributed by atoms with Gasteiger partial charge >= 0.3 is 0 Å². The van der Waals surface area contributed by atoms with E-state index in [1.807, 2.05) is 13.8 Å². The van der Waals surface area contributed by atoms with Crippen molar-refractivity contribution in [3.63, 3.8) is 0 Å². The summed E-state index contributed by atoms with van der Waals surface area (Å²) in [5.41, 5.74) is 0. The molecule has 1 heterocycles. The average Bonchev–Trinajstić information content (AvgIpc) is 2.28. The quantitative estimate of drug-likeness (QED) is 0.620. The second kappa shape index (κ2) is 5.20. The molecule has 1 aliphatic heterocycles. The Kier molecular flexibility index (Phi) is 4.52. The third-order valence-corrected chi connectivity index (χ3v) is 4.02. The van der Waals surface area contributed by atoms with Gasteiger partial charge in [0.1, 0.15) is 5.25 Å². The molecule has 1 unspecified atom stereocenters. The number of likely N-dealkylation sites (N-methyl/N-ethyl adjacent to an activating group) is 1. The molecule has 0 aromatic carbocycles. The Balaban J connectivity index is 2.41. The minimum absolute atomic E-state index is 0.253. The second-order valence-electron chi connectivity index (χ2n) is 3.91. The average molecular weight is 204 g/mol. The summed E-state index contributed by atoms with van der Waals surface area (Å²) in [6.07, 6.45) is 1.13. The van der Waals surface area contributed by atoms with Gasteiger partial charge in [0.15, 0.2) is 0 Å². The van der Waals surface area contributed by atoms with Crippen LogP contribution in [0.4, 0.5) is 0 Å². The first-order valence-corrected chi connectivity index (χ1v) is 6.12. The first kappa shape index (κ1) is 11.3. The molecule has 1 atom stereocenters.